The molecule has 1 fully saturated rings. The lowest BCUT2D eigenvalue weighted by Crippen LogP contribution is -2.32. The van der Waals surface area contributed by atoms with E-state index in [4.69, 9.17) is 4.74 Å². The van der Waals surface area contributed by atoms with Crippen LogP contribution in [0.5, 0.6) is 0 Å². The molecule has 0 saturated heterocycles. The molecule has 1 heterocycles. The number of rotatable bonds is 5. The number of hydrogen-bond donors (Lipinski definition) is 1. The van der Waals surface area contributed by atoms with Gasteiger partial charge in [-0.2, -0.15) is 0 Å². The molecule has 1 saturated carbocycles. The fourth-order valence-corrected chi connectivity index (χ4v) is 1.46. The van der Waals surface area contributed by atoms with Crippen LogP contribution < -0.4 is 5.32 Å². The Hall–Kier alpha value is -1.03. The zero-order chi connectivity index (χ0) is 10.9. The van der Waals surface area contributed by atoms with Crippen molar-refractivity contribution >= 4 is 5.95 Å². The molecule has 1 aromatic heterocycles. The van der Waals surface area contributed by atoms with E-state index in [1.54, 1.807) is 7.11 Å². The Bertz CT molecular complexity index is 328. The summed E-state index contributed by atoms with van der Waals surface area (Å²) >= 11 is 0. The van der Waals surface area contributed by atoms with Crippen molar-refractivity contribution in [2.75, 3.05) is 19.0 Å². The van der Waals surface area contributed by atoms with Crippen LogP contribution in [0, 0.1) is 0 Å². The van der Waals surface area contributed by atoms with Crippen LogP contribution in [0.3, 0.4) is 0 Å². The van der Waals surface area contributed by atoms with E-state index in [-0.39, 0.29) is 5.60 Å². The molecule has 4 heteroatoms. The third kappa shape index (κ3) is 2.50. The van der Waals surface area contributed by atoms with Gasteiger partial charge in [0, 0.05) is 32.1 Å². The fraction of sp³-hybridized carbons (Fsp3) is 0.727. The Kier molecular flexibility index (Phi) is 2.69. The predicted molar refractivity (Wildman–Crippen MR) is 60.1 cm³/mol. The fourth-order valence-electron chi connectivity index (χ4n) is 1.46. The Morgan fingerprint density at radius 3 is 2.93 bits per heavy atom. The van der Waals surface area contributed by atoms with Crippen molar-refractivity contribution in [2.24, 2.45) is 0 Å². The smallest absolute Gasteiger partial charge is 0.203 e. The minimum absolute atomic E-state index is 0.152. The van der Waals surface area contributed by atoms with E-state index in [1.807, 2.05) is 12.4 Å². The molecule has 2 rings (SSSR count). The molecular weight excluding hydrogens is 190 g/mol. The summed E-state index contributed by atoms with van der Waals surface area (Å²) in [6.45, 7) is 4.89. The number of hydrogen-bond acceptors (Lipinski definition) is 3. The molecule has 84 valence electrons. The minimum Gasteiger partial charge on any atom is -0.377 e. The molecule has 0 spiro atoms. The lowest BCUT2D eigenvalue weighted by Gasteiger charge is -2.23. The van der Waals surface area contributed by atoms with Gasteiger partial charge in [-0.1, -0.05) is 0 Å². The van der Waals surface area contributed by atoms with Gasteiger partial charge in [-0.05, 0) is 26.7 Å². The number of anilines is 1. The Morgan fingerprint density at radius 1 is 1.60 bits per heavy atom. The van der Waals surface area contributed by atoms with Crippen molar-refractivity contribution < 1.29 is 4.74 Å². The first-order valence-corrected chi connectivity index (χ1v) is 5.44. The second-order valence-corrected chi connectivity index (χ2v) is 4.71. The SMILES string of the molecule is COC(C)(C)CNc1nccn1C1CC1. The number of imidazole rings is 1. The molecule has 1 aliphatic rings. The van der Waals surface area contributed by atoms with Crippen molar-refractivity contribution in [3.63, 3.8) is 0 Å². The number of nitrogens with zero attached hydrogens (tertiary/aromatic N) is 2. The Balaban J connectivity index is 1.95. The maximum atomic E-state index is 5.35. The van der Waals surface area contributed by atoms with Gasteiger partial charge < -0.3 is 14.6 Å². The quantitative estimate of drug-likeness (QED) is 0.806. The largest absolute Gasteiger partial charge is 0.377 e. The highest BCUT2D eigenvalue weighted by molar-refractivity contribution is 5.28. The maximum absolute atomic E-state index is 5.35. The average molecular weight is 209 g/mol. The first-order chi connectivity index (χ1) is 7.12. The number of methoxy groups -OCH3 is 1. The summed E-state index contributed by atoms with van der Waals surface area (Å²) in [5.41, 5.74) is -0.152. The molecule has 0 amide bonds. The first-order valence-electron chi connectivity index (χ1n) is 5.44. The Morgan fingerprint density at radius 2 is 2.33 bits per heavy atom. The van der Waals surface area contributed by atoms with Gasteiger partial charge in [0.25, 0.3) is 0 Å². The van der Waals surface area contributed by atoms with E-state index in [9.17, 15) is 0 Å². The summed E-state index contributed by atoms with van der Waals surface area (Å²) in [7, 11) is 1.73. The molecule has 0 unspecified atom stereocenters. The van der Waals surface area contributed by atoms with Crippen molar-refractivity contribution in [1.82, 2.24) is 9.55 Å². The maximum Gasteiger partial charge on any atom is 0.203 e. The first kappa shape index (κ1) is 10.5. The molecule has 1 N–H and O–H groups in total. The summed E-state index contributed by atoms with van der Waals surface area (Å²) < 4.78 is 7.57. The van der Waals surface area contributed by atoms with E-state index in [2.05, 4.69) is 28.7 Å². The van der Waals surface area contributed by atoms with Crippen LogP contribution in [0.1, 0.15) is 32.7 Å². The topological polar surface area (TPSA) is 39.1 Å². The monoisotopic (exact) mass is 209 g/mol. The molecule has 0 aliphatic heterocycles. The summed E-state index contributed by atoms with van der Waals surface area (Å²) in [6, 6.07) is 0.667. The van der Waals surface area contributed by atoms with Crippen LogP contribution in [0.4, 0.5) is 5.95 Å². The Labute approximate surface area is 90.6 Å². The predicted octanol–water partition coefficient (Wildman–Crippen LogP) is 2.05. The second kappa shape index (κ2) is 3.85. The molecule has 0 atom stereocenters. The highest BCUT2D eigenvalue weighted by Crippen LogP contribution is 2.36. The van der Waals surface area contributed by atoms with Gasteiger partial charge in [0.05, 0.1) is 5.60 Å². The van der Waals surface area contributed by atoms with E-state index in [0.29, 0.717) is 6.04 Å². The summed E-state index contributed by atoms with van der Waals surface area (Å²) in [4.78, 5) is 4.31. The van der Waals surface area contributed by atoms with E-state index in [1.165, 1.54) is 12.8 Å². The van der Waals surface area contributed by atoms with Gasteiger partial charge in [0.2, 0.25) is 5.95 Å². The zero-order valence-electron chi connectivity index (χ0n) is 9.66. The number of nitrogens with one attached hydrogen (secondary N) is 1. The average Bonchev–Trinajstić information content (AvgIpc) is 2.95. The number of aromatic nitrogens is 2. The van der Waals surface area contributed by atoms with Crippen LogP contribution >= 0.6 is 0 Å². The van der Waals surface area contributed by atoms with Crippen LogP contribution in [-0.2, 0) is 4.74 Å². The van der Waals surface area contributed by atoms with Crippen molar-refractivity contribution in [3.05, 3.63) is 12.4 Å². The van der Waals surface area contributed by atoms with Crippen LogP contribution in [-0.4, -0.2) is 28.8 Å². The summed E-state index contributed by atoms with van der Waals surface area (Å²) in [5, 5.41) is 3.33. The number of ether oxygens (including phenoxy) is 1. The van der Waals surface area contributed by atoms with E-state index in [0.717, 1.165) is 12.5 Å². The normalized spacial score (nSPS) is 16.7. The molecule has 0 bridgehead atoms. The molecule has 1 aliphatic carbocycles. The van der Waals surface area contributed by atoms with E-state index < -0.39 is 0 Å². The standard InChI is InChI=1S/C11H19N3O/c1-11(2,15-3)8-13-10-12-6-7-14(10)9-4-5-9/h6-7,9H,4-5,8H2,1-3H3,(H,12,13). The van der Waals surface area contributed by atoms with Gasteiger partial charge in [-0.25, -0.2) is 4.98 Å². The summed E-state index contributed by atoms with van der Waals surface area (Å²) in [6.07, 6.45) is 6.44. The van der Waals surface area contributed by atoms with Gasteiger partial charge in [-0.3, -0.25) is 0 Å². The van der Waals surface area contributed by atoms with Crippen molar-refractivity contribution in [3.8, 4) is 0 Å². The molecule has 0 radical (unpaired) electrons. The van der Waals surface area contributed by atoms with Crippen molar-refractivity contribution in [2.45, 2.75) is 38.3 Å². The highest BCUT2D eigenvalue weighted by Gasteiger charge is 2.26. The summed E-state index contributed by atoms with van der Waals surface area (Å²) in [5.74, 6) is 0.961. The molecule has 0 aromatic carbocycles. The highest BCUT2D eigenvalue weighted by atomic mass is 16.5. The molecular formula is C11H19N3O. The third-order valence-electron chi connectivity index (χ3n) is 2.83. The van der Waals surface area contributed by atoms with Crippen molar-refractivity contribution in [1.29, 1.82) is 0 Å². The van der Waals surface area contributed by atoms with Gasteiger partial charge in [0.15, 0.2) is 0 Å². The lowest BCUT2D eigenvalue weighted by atomic mass is 10.1. The van der Waals surface area contributed by atoms with Gasteiger partial charge in [0.1, 0.15) is 0 Å². The second-order valence-electron chi connectivity index (χ2n) is 4.71. The minimum atomic E-state index is -0.152. The van der Waals surface area contributed by atoms with Crippen LogP contribution in [0.15, 0.2) is 12.4 Å². The lowest BCUT2D eigenvalue weighted by molar-refractivity contribution is 0.0342. The van der Waals surface area contributed by atoms with Crippen LogP contribution in [0.25, 0.3) is 0 Å². The molecule has 15 heavy (non-hydrogen) atoms. The molecule has 4 nitrogen and oxygen atoms in total. The van der Waals surface area contributed by atoms with E-state index >= 15 is 0 Å². The zero-order valence-corrected chi connectivity index (χ0v) is 9.66. The molecule has 1 aromatic rings. The van der Waals surface area contributed by atoms with Crippen LogP contribution in [0.2, 0.25) is 0 Å². The third-order valence-corrected chi connectivity index (χ3v) is 2.83. The van der Waals surface area contributed by atoms with Gasteiger partial charge in [-0.15, -0.1) is 0 Å². The van der Waals surface area contributed by atoms with Gasteiger partial charge >= 0.3 is 0 Å².